The minimum absolute atomic E-state index is 0.957. The molecule has 0 saturated heterocycles. The van der Waals surface area contributed by atoms with E-state index in [-0.39, 0.29) is 0 Å². The zero-order valence-electron chi connectivity index (χ0n) is 7.26. The van der Waals surface area contributed by atoms with Crippen molar-refractivity contribution in [3.05, 3.63) is 24.2 Å². The summed E-state index contributed by atoms with van der Waals surface area (Å²) in [6, 6.07) is 3.98. The fourth-order valence-electron chi connectivity index (χ4n) is 0.682. The van der Waals surface area contributed by atoms with E-state index in [9.17, 15) is 0 Å². The highest BCUT2D eigenvalue weighted by Gasteiger charge is 2.13. The van der Waals surface area contributed by atoms with Crippen molar-refractivity contribution in [2.45, 2.75) is 25.4 Å². The molecule has 0 amide bonds. The van der Waals surface area contributed by atoms with Crippen molar-refractivity contribution in [2.75, 3.05) is 0 Å². The van der Waals surface area contributed by atoms with E-state index in [1.165, 1.54) is 0 Å². The molecule has 3 heteroatoms. The summed E-state index contributed by atoms with van der Waals surface area (Å²) < 4.78 is 5.23. The molecular formula is C8H14OSSi. The fraction of sp³-hybridized carbons (Fsp3) is 0.500. The summed E-state index contributed by atoms with van der Waals surface area (Å²) in [4.78, 5) is 0. The van der Waals surface area contributed by atoms with Crippen LogP contribution < -0.4 is 0 Å². The molecule has 62 valence electrons. The average Bonchev–Trinajstić information content (AvgIpc) is 2.32. The molecule has 0 atom stereocenters. The summed E-state index contributed by atoms with van der Waals surface area (Å²) in [5.41, 5.74) is 0. The predicted molar refractivity (Wildman–Crippen MR) is 53.3 cm³/mol. The lowest BCUT2D eigenvalue weighted by atomic mass is 10.5. The van der Waals surface area contributed by atoms with Gasteiger partial charge in [-0.3, -0.25) is 0 Å². The molecule has 0 radical (unpaired) electrons. The van der Waals surface area contributed by atoms with Crippen molar-refractivity contribution in [2.24, 2.45) is 0 Å². The van der Waals surface area contributed by atoms with Gasteiger partial charge in [0.15, 0.2) is 0 Å². The Morgan fingerprint density at radius 2 is 2.18 bits per heavy atom. The van der Waals surface area contributed by atoms with E-state index < -0.39 is 7.22 Å². The van der Waals surface area contributed by atoms with Gasteiger partial charge >= 0.3 is 0 Å². The second-order valence-electron chi connectivity index (χ2n) is 3.48. The van der Waals surface area contributed by atoms with Gasteiger partial charge in [-0.15, -0.1) is 0 Å². The van der Waals surface area contributed by atoms with E-state index in [1.807, 2.05) is 23.3 Å². The standard InChI is InChI=1S/C8H14OSSi/c1-11(2,3)10-7-8-5-4-6-9-8/h4-6H,7H2,1-3H3. The van der Waals surface area contributed by atoms with Crippen LogP contribution in [0.2, 0.25) is 19.6 Å². The summed E-state index contributed by atoms with van der Waals surface area (Å²) in [6.07, 6.45) is 1.74. The van der Waals surface area contributed by atoms with E-state index in [0.717, 1.165) is 11.5 Å². The van der Waals surface area contributed by atoms with Crippen LogP contribution in [0.4, 0.5) is 0 Å². The minimum atomic E-state index is -0.957. The lowest BCUT2D eigenvalue weighted by Crippen LogP contribution is -2.13. The third kappa shape index (κ3) is 3.67. The third-order valence-electron chi connectivity index (χ3n) is 1.23. The van der Waals surface area contributed by atoms with Crippen LogP contribution in [0.15, 0.2) is 22.8 Å². The van der Waals surface area contributed by atoms with Crippen molar-refractivity contribution in [3.8, 4) is 0 Å². The minimum Gasteiger partial charge on any atom is -0.469 e. The maximum atomic E-state index is 5.23. The summed E-state index contributed by atoms with van der Waals surface area (Å²) in [5, 5.41) is 0. The quantitative estimate of drug-likeness (QED) is 0.672. The number of hydrogen-bond acceptors (Lipinski definition) is 2. The Hall–Kier alpha value is -0.153. The molecule has 1 aromatic heterocycles. The van der Waals surface area contributed by atoms with Gasteiger partial charge in [0.1, 0.15) is 13.0 Å². The molecule has 0 spiro atoms. The summed E-state index contributed by atoms with van der Waals surface area (Å²) in [6.45, 7) is 7.04. The van der Waals surface area contributed by atoms with Gasteiger partial charge in [-0.05, 0) is 12.1 Å². The van der Waals surface area contributed by atoms with Crippen LogP contribution in [0.3, 0.4) is 0 Å². The molecule has 0 aliphatic carbocycles. The molecule has 1 heterocycles. The lowest BCUT2D eigenvalue weighted by molar-refractivity contribution is 0.530. The monoisotopic (exact) mass is 186 g/mol. The molecule has 0 aliphatic heterocycles. The maximum Gasteiger partial charge on any atom is 0.113 e. The highest BCUT2D eigenvalue weighted by atomic mass is 32.4. The predicted octanol–water partition coefficient (Wildman–Crippen LogP) is 3.35. The molecule has 0 bridgehead atoms. The number of hydrogen-bond donors (Lipinski definition) is 0. The summed E-state index contributed by atoms with van der Waals surface area (Å²) in [5.74, 6) is 2.13. The zero-order valence-corrected chi connectivity index (χ0v) is 9.07. The van der Waals surface area contributed by atoms with Gasteiger partial charge in [-0.2, -0.15) is 11.2 Å². The highest BCUT2D eigenvalue weighted by Crippen LogP contribution is 2.23. The van der Waals surface area contributed by atoms with Gasteiger partial charge in [0.25, 0.3) is 0 Å². The molecule has 1 rings (SSSR count). The fourth-order valence-corrected chi connectivity index (χ4v) is 3.15. The zero-order chi connectivity index (χ0) is 8.32. The van der Waals surface area contributed by atoms with E-state index in [0.29, 0.717) is 0 Å². The van der Waals surface area contributed by atoms with Crippen LogP contribution in [-0.4, -0.2) is 7.22 Å². The third-order valence-corrected chi connectivity index (χ3v) is 5.55. The average molecular weight is 186 g/mol. The smallest absolute Gasteiger partial charge is 0.113 e. The van der Waals surface area contributed by atoms with Crippen LogP contribution in [0, 0.1) is 0 Å². The lowest BCUT2D eigenvalue weighted by Gasteiger charge is -2.13. The van der Waals surface area contributed by atoms with Crippen LogP contribution >= 0.6 is 11.2 Å². The Morgan fingerprint density at radius 3 is 2.64 bits per heavy atom. The summed E-state index contributed by atoms with van der Waals surface area (Å²) in [7, 11) is -0.957. The molecule has 0 unspecified atom stereocenters. The van der Waals surface area contributed by atoms with E-state index in [2.05, 4.69) is 19.6 Å². The maximum absolute atomic E-state index is 5.23. The Labute approximate surface area is 72.8 Å². The molecule has 0 N–H and O–H groups in total. The molecule has 0 saturated carbocycles. The van der Waals surface area contributed by atoms with Crippen molar-refractivity contribution in [3.63, 3.8) is 0 Å². The molecule has 1 aromatic rings. The molecule has 0 aromatic carbocycles. The van der Waals surface area contributed by atoms with Crippen LogP contribution in [-0.2, 0) is 5.75 Å². The molecular weight excluding hydrogens is 172 g/mol. The summed E-state index contributed by atoms with van der Waals surface area (Å²) >= 11 is 2.04. The first kappa shape index (κ1) is 8.94. The largest absolute Gasteiger partial charge is 0.469 e. The van der Waals surface area contributed by atoms with Crippen LogP contribution in [0.25, 0.3) is 0 Å². The van der Waals surface area contributed by atoms with Gasteiger partial charge in [-0.25, -0.2) is 0 Å². The normalized spacial score (nSPS) is 11.9. The molecule has 1 nitrogen and oxygen atoms in total. The van der Waals surface area contributed by atoms with E-state index in [4.69, 9.17) is 4.42 Å². The first-order valence-electron chi connectivity index (χ1n) is 3.74. The van der Waals surface area contributed by atoms with Crippen molar-refractivity contribution < 1.29 is 4.42 Å². The number of furan rings is 1. The van der Waals surface area contributed by atoms with Gasteiger partial charge in [0, 0.05) is 5.75 Å². The SMILES string of the molecule is C[Si](C)(C)SCc1ccco1. The van der Waals surface area contributed by atoms with E-state index in [1.54, 1.807) is 6.26 Å². The first-order valence-corrected chi connectivity index (χ1v) is 8.95. The van der Waals surface area contributed by atoms with Crippen molar-refractivity contribution in [1.82, 2.24) is 0 Å². The molecule has 0 aliphatic rings. The molecule has 11 heavy (non-hydrogen) atoms. The van der Waals surface area contributed by atoms with E-state index >= 15 is 0 Å². The van der Waals surface area contributed by atoms with Gasteiger partial charge in [0.05, 0.1) is 6.26 Å². The van der Waals surface area contributed by atoms with Crippen LogP contribution in [0.5, 0.6) is 0 Å². The Morgan fingerprint density at radius 1 is 1.45 bits per heavy atom. The topological polar surface area (TPSA) is 13.1 Å². The first-order chi connectivity index (χ1) is 5.08. The second-order valence-corrected chi connectivity index (χ2v) is 12.8. The van der Waals surface area contributed by atoms with Gasteiger partial charge in [-0.1, -0.05) is 19.6 Å². The van der Waals surface area contributed by atoms with Gasteiger partial charge < -0.3 is 4.42 Å². The van der Waals surface area contributed by atoms with Crippen molar-refractivity contribution >= 4 is 18.4 Å². The Bertz CT molecular complexity index is 200. The Balaban J connectivity index is 2.35. The molecule has 0 fully saturated rings. The van der Waals surface area contributed by atoms with Crippen LogP contribution in [0.1, 0.15) is 5.76 Å². The van der Waals surface area contributed by atoms with Crippen molar-refractivity contribution in [1.29, 1.82) is 0 Å². The number of rotatable bonds is 3. The Kier molecular flexibility index (Phi) is 2.84. The van der Waals surface area contributed by atoms with Gasteiger partial charge in [0.2, 0.25) is 0 Å². The highest BCUT2D eigenvalue weighted by molar-refractivity contribution is 8.28. The second kappa shape index (κ2) is 3.50.